The molecule has 0 radical (unpaired) electrons. The molecule has 0 bridgehead atoms. The number of aliphatic hydroxyl groups is 2. The average Bonchev–Trinajstić information content (AvgIpc) is 4.21. The van der Waals surface area contributed by atoms with E-state index in [0.717, 1.165) is 62.9 Å². The van der Waals surface area contributed by atoms with Gasteiger partial charge in [-0.1, -0.05) is 157 Å². The van der Waals surface area contributed by atoms with Gasteiger partial charge >= 0.3 is 0 Å². The predicted molar refractivity (Wildman–Crippen MR) is 324 cm³/mol. The summed E-state index contributed by atoms with van der Waals surface area (Å²) < 4.78 is 7.11. The third-order valence-electron chi connectivity index (χ3n) is 15.3. The van der Waals surface area contributed by atoms with E-state index in [1.54, 1.807) is 18.2 Å². The van der Waals surface area contributed by atoms with E-state index in [-0.39, 0.29) is 19.0 Å². The van der Waals surface area contributed by atoms with Crippen LogP contribution >= 0.6 is 0 Å². The molecule has 0 aliphatic carbocycles. The lowest BCUT2D eigenvalue weighted by molar-refractivity contribution is 0.104. The zero-order valence-corrected chi connectivity index (χ0v) is 44.9. The third kappa shape index (κ3) is 11.2. The van der Waals surface area contributed by atoms with Gasteiger partial charge in [-0.25, -0.2) is 0 Å². The fourth-order valence-electron chi connectivity index (χ4n) is 11.4. The summed E-state index contributed by atoms with van der Waals surface area (Å²) in [7, 11) is 0. The zero-order valence-electron chi connectivity index (χ0n) is 44.9. The second-order valence-corrected chi connectivity index (χ2v) is 20.0. The second-order valence-electron chi connectivity index (χ2n) is 20.0. The Morgan fingerprint density at radius 1 is 0.403 bits per heavy atom. The van der Waals surface area contributed by atoms with Crippen molar-refractivity contribution in [3.8, 4) is 0 Å². The van der Waals surface area contributed by atoms with Crippen molar-refractivity contribution >= 4 is 77.3 Å². The topological polar surface area (TPSA) is 72.3 Å². The van der Waals surface area contributed by atoms with Gasteiger partial charge in [0.05, 0.1) is 13.2 Å². The molecule has 9 aromatic carbocycles. The number of benzene rings is 9. The Morgan fingerprint density at radius 2 is 0.818 bits per heavy atom. The summed E-state index contributed by atoms with van der Waals surface area (Å²) in [6.07, 6.45) is 8.76. The smallest absolute Gasteiger partial charge is 0.186 e. The summed E-state index contributed by atoms with van der Waals surface area (Å²) in [4.78, 5) is 12.5. The lowest BCUT2D eigenvalue weighted by Gasteiger charge is -2.08. The number of carbonyl (C=O) groups excluding carboxylic acids is 1. The van der Waals surface area contributed by atoms with Crippen molar-refractivity contribution < 1.29 is 15.0 Å². The number of fused-ring (bicyclic) bond motifs is 9. The molecule has 0 spiro atoms. The Hall–Kier alpha value is -8.29. The van der Waals surface area contributed by atoms with E-state index in [4.69, 9.17) is 0 Å². The second kappa shape index (κ2) is 24.1. The number of rotatable bonds is 15. The van der Waals surface area contributed by atoms with Gasteiger partial charge in [0, 0.05) is 90.6 Å². The highest BCUT2D eigenvalue weighted by atomic mass is 16.3. The number of aromatic nitrogens is 3. The van der Waals surface area contributed by atoms with Crippen molar-refractivity contribution in [3.05, 3.63) is 256 Å². The van der Waals surface area contributed by atoms with Crippen LogP contribution in [0.2, 0.25) is 0 Å². The molecule has 0 aliphatic heterocycles. The van der Waals surface area contributed by atoms with Crippen molar-refractivity contribution in [1.82, 2.24) is 13.7 Å². The number of carbonyl (C=O) groups is 1. The molecule has 2 N–H and O–H groups in total. The Labute approximate surface area is 452 Å². The van der Waals surface area contributed by atoms with E-state index in [1.165, 1.54) is 93.2 Å². The first-order valence-corrected chi connectivity index (χ1v) is 27.5. The lowest BCUT2D eigenvalue weighted by atomic mass is 9.99. The van der Waals surface area contributed by atoms with E-state index in [0.29, 0.717) is 11.1 Å². The molecular formula is C71H69N3O3. The SMILES string of the molecule is CCn1c2ccccc2c2cc(/C=C/C(=O)c3ccccc3CO)ccc21.CCn1c2ccccc2c2cc(CCCc3ccccc3CO)ccc21.CCn1c2ccccc2c2cc(CCc3ccc(C)cc3)ccc21. The van der Waals surface area contributed by atoms with E-state index in [2.05, 4.69) is 199 Å². The molecule has 0 saturated carbocycles. The summed E-state index contributed by atoms with van der Waals surface area (Å²) in [6, 6.07) is 70.2. The molecule has 0 fully saturated rings. The highest BCUT2D eigenvalue weighted by molar-refractivity contribution is 6.11. The van der Waals surface area contributed by atoms with Gasteiger partial charge in [0.15, 0.2) is 5.78 Å². The number of hydrogen-bond donors (Lipinski definition) is 2. The van der Waals surface area contributed by atoms with Crippen LogP contribution in [0.15, 0.2) is 206 Å². The summed E-state index contributed by atoms with van der Waals surface area (Å²) in [5.41, 5.74) is 17.8. The van der Waals surface area contributed by atoms with Crippen molar-refractivity contribution in [2.24, 2.45) is 0 Å². The first kappa shape index (κ1) is 52.2. The fraction of sp³-hybridized carbons (Fsp3) is 0.197. The van der Waals surface area contributed by atoms with E-state index < -0.39 is 0 Å². The van der Waals surface area contributed by atoms with Crippen LogP contribution in [0.25, 0.3) is 71.5 Å². The summed E-state index contributed by atoms with van der Waals surface area (Å²) in [5.74, 6) is -0.101. The summed E-state index contributed by atoms with van der Waals surface area (Å²) in [6.45, 7) is 11.6. The molecule has 12 aromatic rings. The standard InChI is InChI=1S/C24H21NO2.C24H25NO.C23H23N/c1-2-25-22-10-6-5-9-20(22)21-15-17(11-13-23(21)25)12-14-24(27)19-8-4-3-7-18(19)16-26;1-2-25-23-13-6-5-12-21(23)22-16-18(14-15-24(22)25)8-7-11-19-9-3-4-10-20(19)17-26;1-3-24-22-7-5-4-6-20(22)21-16-19(14-15-23(21)24)13-12-18-10-8-17(2)9-11-18/h3-15,26H,2,16H2,1H3;3-6,9-10,12-16,26H,2,7-8,11,17H2,1H3;4-11,14-16H,3,12-13H2,1-2H3/b14-12+;;. The first-order chi connectivity index (χ1) is 37.8. The van der Waals surface area contributed by atoms with Gasteiger partial charge in [-0.15, -0.1) is 0 Å². The number of aliphatic hydroxyl groups excluding tert-OH is 2. The Balaban J connectivity index is 0.000000131. The highest BCUT2D eigenvalue weighted by Crippen LogP contribution is 2.33. The van der Waals surface area contributed by atoms with Gasteiger partial charge in [0.25, 0.3) is 0 Å². The number of ketones is 1. The molecular weight excluding hydrogens is 943 g/mol. The molecule has 77 heavy (non-hydrogen) atoms. The molecule has 6 heteroatoms. The van der Waals surface area contributed by atoms with Crippen LogP contribution in [0.1, 0.15) is 82.1 Å². The zero-order chi connectivity index (χ0) is 53.3. The first-order valence-electron chi connectivity index (χ1n) is 27.5. The maximum atomic E-state index is 12.5. The fourth-order valence-corrected chi connectivity index (χ4v) is 11.4. The lowest BCUT2D eigenvalue weighted by Crippen LogP contribution is -2.00. The number of hydrogen-bond acceptors (Lipinski definition) is 3. The summed E-state index contributed by atoms with van der Waals surface area (Å²) >= 11 is 0. The number of aryl methyl sites for hydroxylation is 8. The molecule has 3 aromatic heterocycles. The largest absolute Gasteiger partial charge is 0.392 e. The Morgan fingerprint density at radius 3 is 1.35 bits per heavy atom. The van der Waals surface area contributed by atoms with Crippen LogP contribution in [0, 0.1) is 6.92 Å². The number of allylic oxidation sites excluding steroid dienone is 1. The third-order valence-corrected chi connectivity index (χ3v) is 15.3. The van der Waals surface area contributed by atoms with E-state index in [9.17, 15) is 15.0 Å². The molecule has 0 amide bonds. The molecule has 0 unspecified atom stereocenters. The van der Waals surface area contributed by atoms with Gasteiger partial charge < -0.3 is 23.9 Å². The molecule has 6 nitrogen and oxygen atoms in total. The van der Waals surface area contributed by atoms with Crippen LogP contribution in [0.4, 0.5) is 0 Å². The predicted octanol–water partition coefficient (Wildman–Crippen LogP) is 16.6. The summed E-state index contributed by atoms with van der Waals surface area (Å²) in [5, 5.41) is 26.8. The van der Waals surface area contributed by atoms with Gasteiger partial charge in [0.2, 0.25) is 0 Å². The van der Waals surface area contributed by atoms with Crippen molar-refractivity contribution in [2.75, 3.05) is 0 Å². The van der Waals surface area contributed by atoms with Gasteiger partial charge in [-0.05, 0) is 159 Å². The van der Waals surface area contributed by atoms with Crippen LogP contribution < -0.4 is 0 Å². The highest BCUT2D eigenvalue weighted by Gasteiger charge is 2.14. The molecule has 3 heterocycles. The van der Waals surface area contributed by atoms with Gasteiger partial charge in [0.1, 0.15) is 0 Å². The van der Waals surface area contributed by atoms with E-state index >= 15 is 0 Å². The molecule has 0 atom stereocenters. The minimum atomic E-state index is -0.141. The van der Waals surface area contributed by atoms with E-state index in [1.807, 2.05) is 36.4 Å². The molecule has 386 valence electrons. The monoisotopic (exact) mass is 1010 g/mol. The number of para-hydroxylation sites is 3. The minimum Gasteiger partial charge on any atom is -0.392 e. The number of nitrogens with zero attached hydrogens (tertiary/aromatic N) is 3. The maximum Gasteiger partial charge on any atom is 0.186 e. The van der Waals surface area contributed by atoms with Crippen molar-refractivity contribution in [1.29, 1.82) is 0 Å². The Kier molecular flexibility index (Phi) is 16.4. The maximum absolute atomic E-state index is 12.5. The quantitative estimate of drug-likeness (QED) is 0.0794. The van der Waals surface area contributed by atoms with Crippen LogP contribution in [0.5, 0.6) is 0 Å². The van der Waals surface area contributed by atoms with Crippen molar-refractivity contribution in [2.45, 2.75) is 92.6 Å². The molecule has 0 saturated heterocycles. The average molecular weight is 1010 g/mol. The van der Waals surface area contributed by atoms with Gasteiger partial charge in [-0.2, -0.15) is 0 Å². The van der Waals surface area contributed by atoms with Crippen molar-refractivity contribution in [3.63, 3.8) is 0 Å². The van der Waals surface area contributed by atoms with Crippen LogP contribution in [0.3, 0.4) is 0 Å². The minimum absolute atomic E-state index is 0.101. The Bertz CT molecular complexity index is 4040. The normalized spacial score (nSPS) is 11.5. The van der Waals surface area contributed by atoms with Crippen LogP contribution in [-0.2, 0) is 58.5 Å². The molecule has 12 rings (SSSR count). The van der Waals surface area contributed by atoms with Gasteiger partial charge in [-0.3, -0.25) is 4.79 Å². The van der Waals surface area contributed by atoms with Crippen LogP contribution in [-0.4, -0.2) is 29.7 Å². The molecule has 0 aliphatic rings.